The van der Waals surface area contributed by atoms with Crippen molar-refractivity contribution in [1.29, 1.82) is 0 Å². The van der Waals surface area contributed by atoms with Crippen molar-refractivity contribution in [2.45, 2.75) is 46.8 Å². The molecule has 0 aromatic heterocycles. The Kier molecular flexibility index (Phi) is 6.87. The van der Waals surface area contributed by atoms with E-state index in [4.69, 9.17) is 0 Å². The molecule has 0 saturated carbocycles. The first-order valence-corrected chi connectivity index (χ1v) is 8.11. The smallest absolute Gasteiger partial charge is 0.106 e. The Balaban J connectivity index is 3.04. The molecule has 1 rings (SSSR count). The van der Waals surface area contributed by atoms with Crippen LogP contribution in [0.2, 0.25) is 12.6 Å². The molecule has 1 aromatic carbocycles. The summed E-state index contributed by atoms with van der Waals surface area (Å²) in [5, 5.41) is 0. The Hall–Kier alpha value is -1.37. The van der Waals surface area contributed by atoms with Gasteiger partial charge in [0.1, 0.15) is 15.7 Å². The average Bonchev–Trinajstić information content (AvgIpc) is 2.47. The third-order valence-corrected chi connectivity index (χ3v) is 4.34. The van der Waals surface area contributed by atoms with Gasteiger partial charge in [-0.15, -0.1) is 0 Å². The van der Waals surface area contributed by atoms with E-state index in [-0.39, 0.29) is 0 Å². The summed E-state index contributed by atoms with van der Waals surface area (Å²) < 4.78 is 0. The fourth-order valence-corrected chi connectivity index (χ4v) is 2.47. The Morgan fingerprint density at radius 3 is 2.14 bits per heavy atom. The third-order valence-electron chi connectivity index (χ3n) is 4.34. The van der Waals surface area contributed by atoms with Crippen LogP contribution in [0.3, 0.4) is 0 Å². The molecule has 1 atom stereocenters. The van der Waals surface area contributed by atoms with Crippen LogP contribution < -0.4 is 4.90 Å². The van der Waals surface area contributed by atoms with Gasteiger partial charge in [-0.2, -0.15) is 0 Å². The second kappa shape index (κ2) is 8.17. The molecule has 0 aliphatic carbocycles. The zero-order valence-electron chi connectivity index (χ0n) is 14.7. The molecule has 1 nitrogen and oxygen atoms in total. The Bertz CT molecular complexity index is 502. The van der Waals surface area contributed by atoms with Crippen LogP contribution >= 0.6 is 0 Å². The monoisotopic (exact) mass is 281 g/mol. The number of allylic oxidation sites excluding steroid dienone is 3. The van der Waals surface area contributed by atoms with E-state index in [0.717, 1.165) is 24.4 Å². The van der Waals surface area contributed by atoms with E-state index in [1.807, 2.05) is 0 Å². The molecule has 0 aliphatic rings. The highest BCUT2D eigenvalue weighted by Gasteiger charge is 2.11. The molecule has 0 bridgehead atoms. The number of anilines is 1. The van der Waals surface area contributed by atoms with Gasteiger partial charge in [-0.3, -0.25) is 0 Å². The maximum atomic E-state index is 4.15. The molecule has 21 heavy (non-hydrogen) atoms. The van der Waals surface area contributed by atoms with Gasteiger partial charge in [0, 0.05) is 17.1 Å². The fraction of sp³-hybridized carbons (Fsp3) is 0.444. The summed E-state index contributed by atoms with van der Waals surface area (Å²) >= 11 is 0. The molecule has 1 unspecified atom stereocenters. The van der Waals surface area contributed by atoms with E-state index in [1.54, 1.807) is 0 Å². The van der Waals surface area contributed by atoms with E-state index in [0.29, 0.717) is 0 Å². The second-order valence-corrected chi connectivity index (χ2v) is 6.17. The van der Waals surface area contributed by atoms with Gasteiger partial charge < -0.3 is 4.90 Å². The molecule has 0 aliphatic heterocycles. The molecule has 112 valence electrons. The van der Waals surface area contributed by atoms with Crippen LogP contribution in [0.25, 0.3) is 0 Å². The minimum atomic E-state index is 0.747. The quantitative estimate of drug-likeness (QED) is 0.690. The van der Waals surface area contributed by atoms with Gasteiger partial charge in [0.05, 0.1) is 0 Å². The average molecular weight is 281 g/mol. The zero-order chi connectivity index (χ0) is 16.0. The largest absolute Gasteiger partial charge is 0.319 e. The predicted molar refractivity (Wildman–Crippen MR) is 102 cm³/mol. The summed E-state index contributed by atoms with van der Waals surface area (Å²) in [6.45, 7) is 12.9. The number of rotatable bonds is 7. The van der Waals surface area contributed by atoms with Gasteiger partial charge in [-0.05, 0) is 50.8 Å². The molecule has 0 fully saturated rings. The minimum Gasteiger partial charge on any atom is -0.319 e. The first-order chi connectivity index (χ1) is 9.90. The van der Waals surface area contributed by atoms with Crippen LogP contribution in [0, 0.1) is 5.92 Å². The summed E-state index contributed by atoms with van der Waals surface area (Å²) in [4.78, 5) is 2.26. The Morgan fingerprint density at radius 2 is 1.71 bits per heavy atom. The molecular weight excluding hydrogens is 252 g/mol. The summed E-state index contributed by atoms with van der Waals surface area (Å²) in [7, 11) is 4.45. The van der Waals surface area contributed by atoms with E-state index in [9.17, 15) is 0 Å². The third kappa shape index (κ3) is 4.84. The summed E-state index contributed by atoms with van der Waals surface area (Å²) in [5.74, 6) is 0.747. The Labute approximate surface area is 132 Å². The molecule has 0 amide bonds. The van der Waals surface area contributed by atoms with Crippen molar-refractivity contribution in [3.8, 4) is 0 Å². The predicted octanol–water partition coefficient (Wildman–Crippen LogP) is 3.60. The number of hydrogen-bond donors (Lipinski definition) is 0. The topological polar surface area (TPSA) is 3.24 Å². The molecule has 0 N–H and O–H groups in total. The first kappa shape index (κ1) is 17.7. The highest BCUT2D eigenvalue weighted by atomic mass is 15.1. The number of nitrogens with zero attached hydrogens (tertiary/aromatic N) is 1. The standard InChI is InChI=1S/C18H29B2N/c1-13(2)21(16(5)15(4)12-20)18-8-6-17(7-9-18)10-14(3)11-19/h6-9,14H,1,10-12,19-20H2,2-5H3/b16-15-. The van der Waals surface area contributed by atoms with Crippen molar-refractivity contribution < 1.29 is 0 Å². The lowest BCUT2D eigenvalue weighted by atomic mass is 9.88. The lowest BCUT2D eigenvalue weighted by Gasteiger charge is -2.27. The summed E-state index contributed by atoms with van der Waals surface area (Å²) in [5.41, 5.74) is 6.39. The Morgan fingerprint density at radius 1 is 1.14 bits per heavy atom. The SMILES string of the molecule is BC/C(C)=C(/C)N(C(=C)C)c1ccc(CC(C)CB)cc1. The van der Waals surface area contributed by atoms with Gasteiger partial charge in [0.15, 0.2) is 0 Å². The van der Waals surface area contributed by atoms with Crippen LogP contribution in [0.4, 0.5) is 5.69 Å². The minimum absolute atomic E-state index is 0.747. The van der Waals surface area contributed by atoms with E-state index < -0.39 is 0 Å². The van der Waals surface area contributed by atoms with E-state index in [2.05, 4.69) is 79.1 Å². The summed E-state index contributed by atoms with van der Waals surface area (Å²) in [6, 6.07) is 8.95. The van der Waals surface area contributed by atoms with Crippen molar-refractivity contribution in [3.05, 3.63) is 53.4 Å². The van der Waals surface area contributed by atoms with Crippen LogP contribution in [0.5, 0.6) is 0 Å². The molecular formula is C18H29B2N. The van der Waals surface area contributed by atoms with Gasteiger partial charge in [0.25, 0.3) is 0 Å². The molecule has 0 heterocycles. The lowest BCUT2D eigenvalue weighted by molar-refractivity contribution is 0.646. The maximum Gasteiger partial charge on any atom is 0.106 e. The lowest BCUT2D eigenvalue weighted by Crippen LogP contribution is -2.19. The number of hydrogen-bond acceptors (Lipinski definition) is 1. The maximum absolute atomic E-state index is 4.15. The fourth-order valence-electron chi connectivity index (χ4n) is 2.47. The van der Waals surface area contributed by atoms with Crippen molar-refractivity contribution in [2.24, 2.45) is 5.92 Å². The van der Waals surface area contributed by atoms with Crippen LogP contribution in [-0.4, -0.2) is 15.7 Å². The second-order valence-electron chi connectivity index (χ2n) is 6.17. The summed E-state index contributed by atoms with van der Waals surface area (Å²) in [6.07, 6.45) is 3.46. The normalized spacial score (nSPS) is 13.5. The molecule has 1 aromatic rings. The van der Waals surface area contributed by atoms with E-state index in [1.165, 1.54) is 28.8 Å². The highest BCUT2D eigenvalue weighted by Crippen LogP contribution is 2.26. The van der Waals surface area contributed by atoms with Gasteiger partial charge in [-0.1, -0.05) is 43.8 Å². The van der Waals surface area contributed by atoms with Crippen LogP contribution in [0.1, 0.15) is 33.3 Å². The van der Waals surface area contributed by atoms with Crippen molar-refractivity contribution >= 4 is 21.4 Å². The highest BCUT2D eigenvalue weighted by molar-refractivity contribution is 6.10. The van der Waals surface area contributed by atoms with E-state index >= 15 is 0 Å². The van der Waals surface area contributed by atoms with Crippen molar-refractivity contribution in [3.63, 3.8) is 0 Å². The number of benzene rings is 1. The molecule has 0 radical (unpaired) electrons. The first-order valence-electron chi connectivity index (χ1n) is 8.11. The van der Waals surface area contributed by atoms with Crippen LogP contribution in [0.15, 0.2) is 47.8 Å². The van der Waals surface area contributed by atoms with Gasteiger partial charge >= 0.3 is 0 Å². The van der Waals surface area contributed by atoms with Crippen LogP contribution in [-0.2, 0) is 6.42 Å². The zero-order valence-corrected chi connectivity index (χ0v) is 14.7. The molecule has 0 saturated heterocycles. The van der Waals surface area contributed by atoms with Gasteiger partial charge in [0.2, 0.25) is 0 Å². The molecule has 3 heteroatoms. The van der Waals surface area contributed by atoms with Crippen molar-refractivity contribution in [2.75, 3.05) is 4.90 Å². The molecule has 0 spiro atoms. The van der Waals surface area contributed by atoms with Crippen molar-refractivity contribution in [1.82, 2.24) is 0 Å². The van der Waals surface area contributed by atoms with Gasteiger partial charge in [-0.25, -0.2) is 0 Å².